The molecule has 1 saturated heterocycles. The maximum absolute atomic E-state index is 5.82. The smallest absolute Gasteiger partial charge is 0.106 e. The average Bonchev–Trinajstić information content (AvgIpc) is 2.28. The molecule has 1 aliphatic heterocycles. The molecule has 0 radical (unpaired) electrons. The van der Waals surface area contributed by atoms with Crippen LogP contribution in [0.5, 0.6) is 0 Å². The lowest BCUT2D eigenvalue weighted by Crippen LogP contribution is -2.37. The molecule has 2 N–H and O–H groups in total. The van der Waals surface area contributed by atoms with E-state index in [9.17, 15) is 0 Å². The van der Waals surface area contributed by atoms with Gasteiger partial charge in [0.05, 0.1) is 0 Å². The number of nitrogens with two attached hydrogens (primary N) is 1. The van der Waals surface area contributed by atoms with Crippen LogP contribution in [0.2, 0.25) is 0 Å². The van der Waals surface area contributed by atoms with Crippen LogP contribution < -0.4 is 10.6 Å². The third kappa shape index (κ3) is 2.93. The van der Waals surface area contributed by atoms with Crippen molar-refractivity contribution >= 4 is 34.7 Å². The number of thioether (sulfide) groups is 1. The zero-order valence-corrected chi connectivity index (χ0v) is 11.9. The Labute approximate surface area is 113 Å². The highest BCUT2D eigenvalue weighted by Crippen LogP contribution is 2.27. The summed E-state index contributed by atoms with van der Waals surface area (Å²) in [4.78, 5) is 2.89. The topological polar surface area (TPSA) is 29.3 Å². The number of hydrogen-bond acceptors (Lipinski definition) is 3. The van der Waals surface area contributed by atoms with Crippen molar-refractivity contribution in [3.63, 3.8) is 0 Å². The number of hydrogen-bond donors (Lipinski definition) is 1. The van der Waals surface area contributed by atoms with Crippen molar-refractivity contribution in [3.8, 4) is 0 Å². The summed E-state index contributed by atoms with van der Waals surface area (Å²) in [6.45, 7) is 6.49. The highest BCUT2D eigenvalue weighted by atomic mass is 32.2. The fraction of sp³-hybridized carbons (Fsp3) is 0.462. The second kappa shape index (κ2) is 5.27. The molecule has 2 rings (SSSR count). The Bertz CT molecular complexity index is 431. The highest BCUT2D eigenvalue weighted by Gasteiger charge is 2.19. The number of aryl methyl sites for hydroxylation is 1. The zero-order chi connectivity index (χ0) is 12.4. The molecule has 1 atom stereocenters. The summed E-state index contributed by atoms with van der Waals surface area (Å²) in [7, 11) is 0. The summed E-state index contributed by atoms with van der Waals surface area (Å²) >= 11 is 7.18. The third-order valence-electron chi connectivity index (χ3n) is 3.00. The lowest BCUT2D eigenvalue weighted by molar-refractivity contribution is 0.782. The molecule has 1 aliphatic rings. The Balaban J connectivity index is 2.33. The Morgan fingerprint density at radius 3 is 2.94 bits per heavy atom. The van der Waals surface area contributed by atoms with E-state index in [0.717, 1.165) is 18.7 Å². The summed E-state index contributed by atoms with van der Waals surface area (Å²) in [6, 6.07) is 6.36. The van der Waals surface area contributed by atoms with Crippen LogP contribution in [0.25, 0.3) is 0 Å². The minimum Gasteiger partial charge on any atom is -0.389 e. The van der Waals surface area contributed by atoms with Gasteiger partial charge in [-0.2, -0.15) is 11.8 Å². The summed E-state index contributed by atoms with van der Waals surface area (Å²) in [5.41, 5.74) is 9.23. The molecule has 4 heteroatoms. The van der Waals surface area contributed by atoms with Gasteiger partial charge in [0.2, 0.25) is 0 Å². The zero-order valence-electron chi connectivity index (χ0n) is 10.3. The van der Waals surface area contributed by atoms with Crippen molar-refractivity contribution in [2.24, 2.45) is 5.73 Å². The molecule has 0 aliphatic carbocycles. The van der Waals surface area contributed by atoms with Gasteiger partial charge in [0, 0.05) is 35.3 Å². The molecule has 0 spiro atoms. The van der Waals surface area contributed by atoms with Crippen molar-refractivity contribution < 1.29 is 0 Å². The normalized spacial score (nSPS) is 20.4. The Morgan fingerprint density at radius 1 is 1.53 bits per heavy atom. The van der Waals surface area contributed by atoms with Crippen LogP contribution in [0.3, 0.4) is 0 Å². The fourth-order valence-electron chi connectivity index (χ4n) is 2.16. The standard InChI is InChI=1S/C13H18N2S2/c1-9-3-4-12(11(7-9)13(14)16)15-5-6-17-10(2)8-15/h3-4,7,10H,5-6,8H2,1-2H3,(H2,14,16). The number of nitrogens with zero attached hydrogens (tertiary/aromatic N) is 1. The predicted octanol–water partition coefficient (Wildman–Crippen LogP) is 2.57. The average molecular weight is 266 g/mol. The van der Waals surface area contributed by atoms with Crippen LogP contribution in [-0.2, 0) is 0 Å². The van der Waals surface area contributed by atoms with Gasteiger partial charge in [0.1, 0.15) is 4.99 Å². The highest BCUT2D eigenvalue weighted by molar-refractivity contribution is 8.00. The van der Waals surface area contributed by atoms with Crippen LogP contribution in [0, 0.1) is 6.92 Å². The first-order chi connectivity index (χ1) is 8.08. The van der Waals surface area contributed by atoms with E-state index in [-0.39, 0.29) is 0 Å². The van der Waals surface area contributed by atoms with E-state index < -0.39 is 0 Å². The summed E-state index contributed by atoms with van der Waals surface area (Å²) < 4.78 is 0. The summed E-state index contributed by atoms with van der Waals surface area (Å²) in [5, 5.41) is 0.671. The minimum atomic E-state index is 0.495. The molecule has 1 fully saturated rings. The molecule has 2 nitrogen and oxygen atoms in total. The van der Waals surface area contributed by atoms with Crippen molar-refractivity contribution in [1.29, 1.82) is 0 Å². The molecular weight excluding hydrogens is 248 g/mol. The van der Waals surface area contributed by atoms with Crippen LogP contribution in [0.1, 0.15) is 18.1 Å². The van der Waals surface area contributed by atoms with Gasteiger partial charge in [0.15, 0.2) is 0 Å². The van der Waals surface area contributed by atoms with E-state index in [0.29, 0.717) is 10.2 Å². The van der Waals surface area contributed by atoms with Gasteiger partial charge in [-0.3, -0.25) is 0 Å². The van der Waals surface area contributed by atoms with Gasteiger partial charge in [-0.15, -0.1) is 0 Å². The molecule has 0 saturated carbocycles. The van der Waals surface area contributed by atoms with Gasteiger partial charge in [-0.1, -0.05) is 30.8 Å². The molecule has 1 heterocycles. The molecule has 1 aromatic carbocycles. The first-order valence-corrected chi connectivity index (χ1v) is 7.30. The van der Waals surface area contributed by atoms with Crippen molar-refractivity contribution in [3.05, 3.63) is 29.3 Å². The van der Waals surface area contributed by atoms with Crippen molar-refractivity contribution in [2.45, 2.75) is 19.1 Å². The molecular formula is C13H18N2S2. The third-order valence-corrected chi connectivity index (χ3v) is 4.36. The molecule has 1 aromatic rings. The Hall–Kier alpha value is -0.740. The van der Waals surface area contributed by atoms with Crippen LogP contribution >= 0.6 is 24.0 Å². The second-order valence-corrected chi connectivity index (χ2v) is 6.50. The van der Waals surface area contributed by atoms with Crippen molar-refractivity contribution in [2.75, 3.05) is 23.7 Å². The van der Waals surface area contributed by atoms with E-state index in [2.05, 4.69) is 36.9 Å². The number of thiocarbonyl (C=S) groups is 1. The molecule has 0 aromatic heterocycles. The van der Waals surface area contributed by atoms with Crippen LogP contribution in [0.4, 0.5) is 5.69 Å². The first kappa shape index (κ1) is 12.7. The fourth-order valence-corrected chi connectivity index (χ4v) is 3.34. The van der Waals surface area contributed by atoms with Crippen molar-refractivity contribution in [1.82, 2.24) is 0 Å². The first-order valence-electron chi connectivity index (χ1n) is 5.85. The van der Waals surface area contributed by atoms with E-state index in [1.54, 1.807) is 0 Å². The summed E-state index contributed by atoms with van der Waals surface area (Å²) in [5.74, 6) is 1.17. The molecule has 0 amide bonds. The molecule has 1 unspecified atom stereocenters. The predicted molar refractivity (Wildman–Crippen MR) is 81.2 cm³/mol. The van der Waals surface area contributed by atoms with Gasteiger partial charge in [-0.25, -0.2) is 0 Å². The van der Waals surface area contributed by atoms with Gasteiger partial charge < -0.3 is 10.6 Å². The van der Waals surface area contributed by atoms with E-state index >= 15 is 0 Å². The number of benzene rings is 1. The quantitative estimate of drug-likeness (QED) is 0.833. The molecule has 92 valence electrons. The second-order valence-electron chi connectivity index (χ2n) is 4.51. The van der Waals surface area contributed by atoms with Crippen LogP contribution in [-0.4, -0.2) is 29.1 Å². The van der Waals surface area contributed by atoms with E-state index in [4.69, 9.17) is 18.0 Å². The van der Waals surface area contributed by atoms with Crippen LogP contribution in [0.15, 0.2) is 18.2 Å². The minimum absolute atomic E-state index is 0.495. The number of rotatable bonds is 2. The largest absolute Gasteiger partial charge is 0.389 e. The SMILES string of the molecule is Cc1ccc(N2CCSC(C)C2)c(C(N)=S)c1. The van der Waals surface area contributed by atoms with Gasteiger partial charge in [0.25, 0.3) is 0 Å². The lowest BCUT2D eigenvalue weighted by atomic mass is 10.1. The summed E-state index contributed by atoms with van der Waals surface area (Å²) in [6.07, 6.45) is 0. The molecule has 17 heavy (non-hydrogen) atoms. The van der Waals surface area contributed by atoms with Gasteiger partial charge in [-0.05, 0) is 19.1 Å². The Morgan fingerprint density at radius 2 is 2.29 bits per heavy atom. The molecule has 0 bridgehead atoms. The monoisotopic (exact) mass is 266 g/mol. The van der Waals surface area contributed by atoms with E-state index in [1.165, 1.54) is 17.0 Å². The maximum atomic E-state index is 5.82. The van der Waals surface area contributed by atoms with Gasteiger partial charge >= 0.3 is 0 Å². The number of anilines is 1. The van der Waals surface area contributed by atoms with E-state index in [1.807, 2.05) is 11.8 Å². The maximum Gasteiger partial charge on any atom is 0.106 e. The Kier molecular flexibility index (Phi) is 3.94. The lowest BCUT2D eigenvalue weighted by Gasteiger charge is -2.33.